The molecule has 31 heavy (non-hydrogen) atoms. The Labute approximate surface area is 191 Å². The molecule has 2 heterocycles. The van der Waals surface area contributed by atoms with Gasteiger partial charge in [0.2, 0.25) is 0 Å². The Morgan fingerprint density at radius 2 is 1.90 bits per heavy atom. The van der Waals surface area contributed by atoms with Crippen LogP contribution in [0.2, 0.25) is 5.02 Å². The third-order valence-electron chi connectivity index (χ3n) is 5.93. The van der Waals surface area contributed by atoms with Gasteiger partial charge in [0.05, 0.1) is 25.8 Å². The van der Waals surface area contributed by atoms with Crippen molar-refractivity contribution in [2.24, 2.45) is 0 Å². The van der Waals surface area contributed by atoms with Crippen molar-refractivity contribution in [1.82, 2.24) is 4.90 Å². The van der Waals surface area contributed by atoms with Gasteiger partial charge < -0.3 is 23.9 Å². The van der Waals surface area contributed by atoms with Crippen LogP contribution in [-0.4, -0.2) is 50.5 Å². The van der Waals surface area contributed by atoms with E-state index in [9.17, 15) is 9.90 Å². The number of hydrogen-bond donors (Lipinski definition) is 1. The Morgan fingerprint density at radius 1 is 1.19 bits per heavy atom. The van der Waals surface area contributed by atoms with Gasteiger partial charge in [-0.25, -0.2) is 0 Å². The molecule has 3 aromatic rings. The van der Waals surface area contributed by atoms with Crippen LogP contribution in [-0.2, 0) is 0 Å². The van der Waals surface area contributed by atoms with Crippen LogP contribution in [0.4, 0.5) is 0 Å². The van der Waals surface area contributed by atoms with E-state index in [1.54, 1.807) is 19.2 Å². The molecule has 166 valence electrons. The molecule has 1 fully saturated rings. The number of nitrogens with zero attached hydrogens (tertiary/aromatic N) is 1. The molecular weight excluding hydrogens is 441 g/mol. The molecule has 6 nitrogen and oxygen atoms in total. The van der Waals surface area contributed by atoms with Gasteiger partial charge in [-0.05, 0) is 32.1 Å². The lowest BCUT2D eigenvalue weighted by molar-refractivity contribution is 0.171. The molecule has 0 amide bonds. The normalized spacial score (nSPS) is 18.7. The summed E-state index contributed by atoms with van der Waals surface area (Å²) in [6, 6.07) is 10.3. The third-order valence-corrected chi connectivity index (χ3v) is 6.26. The summed E-state index contributed by atoms with van der Waals surface area (Å²) in [7, 11) is 5.06. The highest BCUT2D eigenvalue weighted by molar-refractivity contribution is 6.33. The first-order valence-electron chi connectivity index (χ1n) is 9.78. The van der Waals surface area contributed by atoms with Crippen molar-refractivity contribution >= 4 is 35.0 Å². The van der Waals surface area contributed by atoms with Gasteiger partial charge in [0, 0.05) is 35.2 Å². The van der Waals surface area contributed by atoms with Gasteiger partial charge in [0.25, 0.3) is 0 Å². The third kappa shape index (κ3) is 4.01. The number of aliphatic hydroxyl groups is 1. The van der Waals surface area contributed by atoms with Gasteiger partial charge in [-0.15, -0.1) is 12.4 Å². The highest BCUT2D eigenvalue weighted by Crippen LogP contribution is 2.45. The molecule has 0 spiro atoms. The second-order valence-corrected chi connectivity index (χ2v) is 7.89. The van der Waals surface area contributed by atoms with Crippen LogP contribution >= 0.6 is 24.0 Å². The van der Waals surface area contributed by atoms with Gasteiger partial charge in [0.1, 0.15) is 28.2 Å². The number of methoxy groups -OCH3 is 2. The summed E-state index contributed by atoms with van der Waals surface area (Å²) >= 11 is 6.36. The van der Waals surface area contributed by atoms with Crippen molar-refractivity contribution in [1.29, 1.82) is 0 Å². The maximum atomic E-state index is 13.2. The van der Waals surface area contributed by atoms with Gasteiger partial charge in [-0.1, -0.05) is 23.7 Å². The lowest BCUT2D eigenvalue weighted by Gasteiger charge is -2.25. The maximum Gasteiger partial charge on any atom is 0.197 e. The van der Waals surface area contributed by atoms with Crippen LogP contribution < -0.4 is 14.9 Å². The standard InChI is InChI=1S/C23H24ClNO5.ClH/c1-25-9-8-14(16(25)12-26)21-19(28-2)11-20(29-3)22-17(27)10-18(30-23(21)22)13-6-4-5-7-15(13)24;/h4-7,10-11,14,16,26H,8-9,12H2,1-3H3;1H/t14-,16+;/m0./s1. The van der Waals surface area contributed by atoms with Crippen LogP contribution in [0, 0.1) is 0 Å². The van der Waals surface area contributed by atoms with Crippen molar-refractivity contribution in [2.45, 2.75) is 18.4 Å². The van der Waals surface area contributed by atoms with Crippen LogP contribution in [0.5, 0.6) is 11.5 Å². The number of hydrogen-bond acceptors (Lipinski definition) is 6. The summed E-state index contributed by atoms with van der Waals surface area (Å²) in [6.45, 7) is 0.813. The molecule has 1 aliphatic heterocycles. The zero-order valence-corrected chi connectivity index (χ0v) is 19.1. The second-order valence-electron chi connectivity index (χ2n) is 7.48. The summed E-state index contributed by atoms with van der Waals surface area (Å²) in [5.41, 5.74) is 1.59. The molecule has 0 saturated carbocycles. The van der Waals surface area contributed by atoms with Crippen molar-refractivity contribution in [3.8, 4) is 22.8 Å². The molecule has 8 heteroatoms. The molecule has 1 aromatic heterocycles. The van der Waals surface area contributed by atoms with E-state index in [0.717, 1.165) is 18.5 Å². The summed E-state index contributed by atoms with van der Waals surface area (Å²) < 4.78 is 17.5. The molecule has 0 radical (unpaired) electrons. The number of aliphatic hydroxyl groups excluding tert-OH is 1. The zero-order valence-electron chi connectivity index (χ0n) is 17.6. The van der Waals surface area contributed by atoms with E-state index in [0.29, 0.717) is 38.8 Å². The monoisotopic (exact) mass is 465 g/mol. The minimum Gasteiger partial charge on any atom is -0.496 e. The quantitative estimate of drug-likeness (QED) is 0.604. The predicted octanol–water partition coefficient (Wildman–Crippen LogP) is 4.33. The van der Waals surface area contributed by atoms with Crippen LogP contribution in [0.25, 0.3) is 22.3 Å². The van der Waals surface area contributed by atoms with Crippen LogP contribution in [0.3, 0.4) is 0 Å². The van der Waals surface area contributed by atoms with E-state index in [2.05, 4.69) is 4.90 Å². The first kappa shape index (κ1) is 23.4. The molecule has 1 aliphatic rings. The Bertz CT molecular complexity index is 1150. The first-order valence-corrected chi connectivity index (χ1v) is 10.2. The highest BCUT2D eigenvalue weighted by atomic mass is 35.5. The molecule has 0 aliphatic carbocycles. The molecule has 0 bridgehead atoms. The first-order chi connectivity index (χ1) is 14.5. The topological polar surface area (TPSA) is 72.1 Å². The Balaban J connectivity index is 0.00000272. The molecule has 0 unspecified atom stereocenters. The molecule has 2 aromatic carbocycles. The van der Waals surface area contributed by atoms with E-state index in [1.165, 1.54) is 13.2 Å². The van der Waals surface area contributed by atoms with Crippen molar-refractivity contribution in [3.63, 3.8) is 0 Å². The van der Waals surface area contributed by atoms with E-state index in [-0.39, 0.29) is 36.4 Å². The zero-order chi connectivity index (χ0) is 21.4. The van der Waals surface area contributed by atoms with Gasteiger partial charge in [-0.3, -0.25) is 4.79 Å². The summed E-state index contributed by atoms with van der Waals surface area (Å²) in [5, 5.41) is 10.9. The average molecular weight is 466 g/mol. The maximum absolute atomic E-state index is 13.2. The largest absolute Gasteiger partial charge is 0.496 e. The fourth-order valence-electron chi connectivity index (χ4n) is 4.38. The molecule has 4 rings (SSSR count). The van der Waals surface area contributed by atoms with E-state index >= 15 is 0 Å². The second kappa shape index (κ2) is 9.49. The number of benzene rings is 2. The number of rotatable bonds is 5. The summed E-state index contributed by atoms with van der Waals surface area (Å²) in [5.74, 6) is 1.27. The summed E-state index contributed by atoms with van der Waals surface area (Å²) in [6.07, 6.45) is 0.805. The van der Waals surface area contributed by atoms with Crippen molar-refractivity contribution < 1.29 is 19.0 Å². The predicted molar refractivity (Wildman–Crippen MR) is 124 cm³/mol. The molecule has 1 N–H and O–H groups in total. The lowest BCUT2D eigenvalue weighted by atomic mass is 9.89. The fraction of sp³-hybridized carbons (Fsp3) is 0.348. The van der Waals surface area contributed by atoms with Gasteiger partial charge in [0.15, 0.2) is 5.43 Å². The Hall–Kier alpha value is -2.25. The minimum atomic E-state index is -0.223. The van der Waals surface area contributed by atoms with Crippen molar-refractivity contribution in [2.75, 3.05) is 34.4 Å². The summed E-state index contributed by atoms with van der Waals surface area (Å²) in [4.78, 5) is 15.3. The molecule has 2 atom stereocenters. The smallest absolute Gasteiger partial charge is 0.197 e. The highest BCUT2D eigenvalue weighted by Gasteiger charge is 2.37. The number of ether oxygens (including phenoxy) is 2. The lowest BCUT2D eigenvalue weighted by Crippen LogP contribution is -2.32. The van der Waals surface area contributed by atoms with Crippen molar-refractivity contribution in [3.05, 3.63) is 57.2 Å². The van der Waals surface area contributed by atoms with Gasteiger partial charge in [-0.2, -0.15) is 0 Å². The molecular formula is C23H25Cl2NO5. The van der Waals surface area contributed by atoms with Crippen LogP contribution in [0.15, 0.2) is 45.6 Å². The van der Waals surface area contributed by atoms with Crippen LogP contribution in [0.1, 0.15) is 17.9 Å². The Morgan fingerprint density at radius 3 is 2.55 bits per heavy atom. The van der Waals surface area contributed by atoms with E-state index in [4.69, 9.17) is 25.5 Å². The SMILES string of the molecule is COc1cc(OC)c2c(=O)cc(-c3ccccc3Cl)oc2c1[C@H]1CCN(C)[C@@H]1CO.Cl. The van der Waals surface area contributed by atoms with Gasteiger partial charge >= 0.3 is 0 Å². The molecule has 1 saturated heterocycles. The number of likely N-dealkylation sites (N-methyl/N-ethyl adjacent to an activating group) is 1. The number of fused-ring (bicyclic) bond motifs is 1. The number of likely N-dealkylation sites (tertiary alicyclic amines) is 1. The Kier molecular flexibility index (Phi) is 7.17. The minimum absolute atomic E-state index is 0. The average Bonchev–Trinajstić information content (AvgIpc) is 3.12. The number of halogens is 2. The van der Waals surface area contributed by atoms with E-state index in [1.807, 2.05) is 25.2 Å². The fourth-order valence-corrected chi connectivity index (χ4v) is 4.61. The van der Waals surface area contributed by atoms with E-state index < -0.39 is 0 Å².